The monoisotopic (exact) mass is 382 g/mol. The van der Waals surface area contributed by atoms with Crippen molar-refractivity contribution < 1.29 is 10.2 Å². The van der Waals surface area contributed by atoms with Crippen molar-refractivity contribution in [3.8, 4) is 0 Å². The van der Waals surface area contributed by atoms with Crippen molar-refractivity contribution in [2.75, 3.05) is 13.2 Å². The third-order valence-electron chi connectivity index (χ3n) is 3.78. The molecule has 0 saturated heterocycles. The van der Waals surface area contributed by atoms with Gasteiger partial charge in [-0.2, -0.15) is 0 Å². The van der Waals surface area contributed by atoms with Crippen LogP contribution in [-0.2, 0) is 11.8 Å². The van der Waals surface area contributed by atoms with Crippen molar-refractivity contribution in [1.82, 2.24) is 0 Å². The molecule has 0 amide bonds. The molecule has 2 aromatic rings. The summed E-state index contributed by atoms with van der Waals surface area (Å²) in [6.45, 7) is 1.88. The van der Waals surface area contributed by atoms with Gasteiger partial charge in [0.1, 0.15) is 0 Å². The first-order chi connectivity index (χ1) is 9.61. The van der Waals surface area contributed by atoms with E-state index in [4.69, 9.17) is 0 Å². The van der Waals surface area contributed by atoms with E-state index in [9.17, 15) is 10.2 Å². The van der Waals surface area contributed by atoms with Crippen molar-refractivity contribution in [2.45, 2.75) is 18.8 Å². The lowest BCUT2D eigenvalue weighted by Gasteiger charge is -2.32. The van der Waals surface area contributed by atoms with Crippen molar-refractivity contribution in [1.29, 1.82) is 0 Å². The maximum Gasteiger partial charge on any atom is 0.0553 e. The van der Waals surface area contributed by atoms with Crippen LogP contribution in [0.3, 0.4) is 0 Å². The summed E-state index contributed by atoms with van der Waals surface area (Å²) in [4.78, 5) is 0. The molecule has 0 atom stereocenters. The van der Waals surface area contributed by atoms with Crippen LogP contribution in [-0.4, -0.2) is 23.4 Å². The lowest BCUT2D eigenvalue weighted by atomic mass is 9.75. The SMILES string of the molecule is Cc1ccccc1C(CO)(CO)Cc1ccc(I)cc1. The molecular weight excluding hydrogens is 363 g/mol. The Hall–Kier alpha value is -0.910. The van der Waals surface area contributed by atoms with Gasteiger partial charge in [0.25, 0.3) is 0 Å². The zero-order valence-corrected chi connectivity index (χ0v) is 13.7. The highest BCUT2D eigenvalue weighted by Crippen LogP contribution is 2.30. The first kappa shape index (κ1) is 15.5. The molecule has 106 valence electrons. The van der Waals surface area contributed by atoms with E-state index in [0.29, 0.717) is 6.42 Å². The maximum atomic E-state index is 9.91. The number of halogens is 1. The smallest absolute Gasteiger partial charge is 0.0553 e. The Bertz CT molecular complexity index is 559. The Morgan fingerprint density at radius 3 is 2.10 bits per heavy atom. The zero-order valence-electron chi connectivity index (χ0n) is 11.5. The van der Waals surface area contributed by atoms with Gasteiger partial charge in [-0.05, 0) is 64.8 Å². The number of aliphatic hydroxyl groups excluding tert-OH is 2. The number of aryl methyl sites for hydroxylation is 1. The standard InChI is InChI=1S/C17H19IO2/c1-13-4-2-3-5-16(13)17(11-19,12-20)10-14-6-8-15(18)9-7-14/h2-9,19-20H,10-12H2,1H3. The summed E-state index contributed by atoms with van der Waals surface area (Å²) >= 11 is 2.27. The van der Waals surface area contributed by atoms with Gasteiger partial charge in [-0.25, -0.2) is 0 Å². The first-order valence-electron chi connectivity index (χ1n) is 6.63. The number of hydrogen-bond acceptors (Lipinski definition) is 2. The number of aliphatic hydroxyl groups is 2. The van der Waals surface area contributed by atoms with Gasteiger partial charge in [-0.1, -0.05) is 36.4 Å². The third-order valence-corrected chi connectivity index (χ3v) is 4.50. The minimum atomic E-state index is -0.627. The van der Waals surface area contributed by atoms with Gasteiger partial charge in [0, 0.05) is 8.99 Å². The van der Waals surface area contributed by atoms with E-state index in [-0.39, 0.29) is 13.2 Å². The van der Waals surface area contributed by atoms with Crippen molar-refractivity contribution in [2.24, 2.45) is 0 Å². The van der Waals surface area contributed by atoms with Crippen LogP contribution in [0.2, 0.25) is 0 Å². The quantitative estimate of drug-likeness (QED) is 0.781. The fraction of sp³-hybridized carbons (Fsp3) is 0.294. The lowest BCUT2D eigenvalue weighted by molar-refractivity contribution is 0.116. The molecule has 0 bridgehead atoms. The molecule has 0 saturated carbocycles. The molecule has 0 heterocycles. The molecule has 0 aromatic heterocycles. The van der Waals surface area contributed by atoms with E-state index in [1.54, 1.807) is 0 Å². The van der Waals surface area contributed by atoms with E-state index in [0.717, 1.165) is 16.7 Å². The molecule has 0 aliphatic rings. The molecule has 0 aliphatic heterocycles. The second kappa shape index (κ2) is 6.70. The van der Waals surface area contributed by atoms with Crippen LogP contribution in [0, 0.1) is 10.5 Å². The minimum absolute atomic E-state index is 0.0691. The molecule has 0 radical (unpaired) electrons. The second-order valence-electron chi connectivity index (χ2n) is 5.21. The van der Waals surface area contributed by atoms with Crippen LogP contribution < -0.4 is 0 Å². The molecule has 20 heavy (non-hydrogen) atoms. The van der Waals surface area contributed by atoms with Crippen LogP contribution in [0.25, 0.3) is 0 Å². The highest BCUT2D eigenvalue weighted by molar-refractivity contribution is 14.1. The Balaban J connectivity index is 2.39. The summed E-state index contributed by atoms with van der Waals surface area (Å²) in [6, 6.07) is 16.2. The first-order valence-corrected chi connectivity index (χ1v) is 7.71. The molecule has 2 aromatic carbocycles. The van der Waals surface area contributed by atoms with Crippen LogP contribution in [0.5, 0.6) is 0 Å². The van der Waals surface area contributed by atoms with E-state index >= 15 is 0 Å². The van der Waals surface area contributed by atoms with Crippen LogP contribution in [0.1, 0.15) is 16.7 Å². The van der Waals surface area contributed by atoms with Crippen molar-refractivity contribution >= 4 is 22.6 Å². The van der Waals surface area contributed by atoms with E-state index in [1.807, 2.05) is 43.3 Å². The van der Waals surface area contributed by atoms with Crippen LogP contribution in [0.4, 0.5) is 0 Å². The third kappa shape index (κ3) is 3.22. The van der Waals surface area contributed by atoms with Gasteiger partial charge in [-0.3, -0.25) is 0 Å². The number of rotatable bonds is 5. The Kier molecular flexibility index (Phi) is 5.18. The van der Waals surface area contributed by atoms with E-state index in [2.05, 4.69) is 34.7 Å². The zero-order chi connectivity index (χ0) is 14.6. The van der Waals surface area contributed by atoms with Gasteiger partial charge in [0.15, 0.2) is 0 Å². The van der Waals surface area contributed by atoms with E-state index < -0.39 is 5.41 Å². The Morgan fingerprint density at radius 1 is 0.950 bits per heavy atom. The van der Waals surface area contributed by atoms with Gasteiger partial charge in [-0.15, -0.1) is 0 Å². The molecule has 0 unspecified atom stereocenters. The summed E-state index contributed by atoms with van der Waals surface area (Å²) in [6.07, 6.45) is 0.627. The summed E-state index contributed by atoms with van der Waals surface area (Å²) in [5.74, 6) is 0. The molecule has 2 rings (SSSR count). The van der Waals surface area contributed by atoms with E-state index in [1.165, 1.54) is 3.57 Å². The van der Waals surface area contributed by atoms with Crippen molar-refractivity contribution in [3.05, 3.63) is 68.8 Å². The largest absolute Gasteiger partial charge is 0.395 e. The van der Waals surface area contributed by atoms with Crippen LogP contribution in [0.15, 0.2) is 48.5 Å². The number of hydrogen-bond donors (Lipinski definition) is 2. The van der Waals surface area contributed by atoms with Gasteiger partial charge < -0.3 is 10.2 Å². The van der Waals surface area contributed by atoms with Crippen LogP contribution >= 0.6 is 22.6 Å². The molecule has 0 aliphatic carbocycles. The lowest BCUT2D eigenvalue weighted by Crippen LogP contribution is -2.38. The van der Waals surface area contributed by atoms with Gasteiger partial charge in [0.05, 0.1) is 13.2 Å². The topological polar surface area (TPSA) is 40.5 Å². The highest BCUT2D eigenvalue weighted by atomic mass is 127. The predicted molar refractivity (Wildman–Crippen MR) is 89.9 cm³/mol. The molecule has 2 N–H and O–H groups in total. The summed E-state index contributed by atoms with van der Waals surface area (Å²) in [5, 5.41) is 19.8. The van der Waals surface area contributed by atoms with Gasteiger partial charge in [0.2, 0.25) is 0 Å². The average molecular weight is 382 g/mol. The fourth-order valence-corrected chi connectivity index (χ4v) is 2.95. The normalized spacial score (nSPS) is 11.6. The average Bonchev–Trinajstić information content (AvgIpc) is 2.48. The summed E-state index contributed by atoms with van der Waals surface area (Å²) in [7, 11) is 0. The molecule has 0 spiro atoms. The Morgan fingerprint density at radius 2 is 1.55 bits per heavy atom. The molecule has 2 nitrogen and oxygen atoms in total. The molecule has 3 heteroatoms. The summed E-state index contributed by atoms with van der Waals surface area (Å²) < 4.78 is 1.18. The van der Waals surface area contributed by atoms with Crippen molar-refractivity contribution in [3.63, 3.8) is 0 Å². The highest BCUT2D eigenvalue weighted by Gasteiger charge is 2.32. The predicted octanol–water partition coefficient (Wildman–Crippen LogP) is 3.06. The summed E-state index contributed by atoms with van der Waals surface area (Å²) in [5.41, 5.74) is 2.61. The molecular formula is C17H19IO2. The second-order valence-corrected chi connectivity index (χ2v) is 6.46. The maximum absolute atomic E-state index is 9.91. The Labute approximate surface area is 133 Å². The van der Waals surface area contributed by atoms with Gasteiger partial charge >= 0.3 is 0 Å². The fourth-order valence-electron chi connectivity index (χ4n) is 2.59. The number of benzene rings is 2. The molecule has 0 fully saturated rings. The minimum Gasteiger partial charge on any atom is -0.395 e.